The summed E-state index contributed by atoms with van der Waals surface area (Å²) in [4.78, 5) is 30.7. The van der Waals surface area contributed by atoms with Crippen LogP contribution in [-0.4, -0.2) is 47.9 Å². The molecule has 2 aromatic carbocycles. The minimum Gasteiger partial charge on any atom is -0.491 e. The number of hydrogen-bond donors (Lipinski definition) is 0. The first-order valence-electron chi connectivity index (χ1n) is 10.9. The monoisotopic (exact) mass is 482 g/mol. The van der Waals surface area contributed by atoms with Gasteiger partial charge in [0, 0.05) is 23.5 Å². The molecule has 34 heavy (non-hydrogen) atoms. The Kier molecular flexibility index (Phi) is 7.37. The molecule has 0 fully saturated rings. The zero-order valence-electron chi connectivity index (χ0n) is 18.5. The third kappa shape index (κ3) is 5.34. The Morgan fingerprint density at radius 3 is 2.44 bits per heavy atom. The van der Waals surface area contributed by atoms with Gasteiger partial charge in [0.15, 0.2) is 0 Å². The lowest BCUT2D eigenvalue weighted by atomic mass is 10.0. The SMILES string of the molecule is C=CCN(CC(=O)N1CCc2sccc2[C@H]1COc1ccc(F)cc1)C(=O)c1ccc(F)cc1. The van der Waals surface area contributed by atoms with Crippen molar-refractivity contribution in [1.82, 2.24) is 9.80 Å². The van der Waals surface area contributed by atoms with Gasteiger partial charge in [-0.2, -0.15) is 0 Å². The highest BCUT2D eigenvalue weighted by Crippen LogP contribution is 2.34. The molecule has 1 aliphatic heterocycles. The Morgan fingerprint density at radius 2 is 1.76 bits per heavy atom. The van der Waals surface area contributed by atoms with Crippen LogP contribution in [0.15, 0.2) is 72.6 Å². The molecule has 2 amide bonds. The number of amides is 2. The van der Waals surface area contributed by atoms with E-state index in [-0.39, 0.29) is 43.4 Å². The number of halogens is 2. The third-order valence-electron chi connectivity index (χ3n) is 5.69. The van der Waals surface area contributed by atoms with Crippen molar-refractivity contribution in [3.8, 4) is 5.75 Å². The summed E-state index contributed by atoms with van der Waals surface area (Å²) in [5.41, 5.74) is 1.32. The van der Waals surface area contributed by atoms with Crippen molar-refractivity contribution in [2.45, 2.75) is 12.5 Å². The van der Waals surface area contributed by atoms with Crippen LogP contribution in [0.1, 0.15) is 26.8 Å². The number of carbonyl (C=O) groups is 2. The standard InChI is InChI=1S/C26H24F2N2O3S/c1-2-13-29(26(32)18-3-5-19(27)6-4-18)16-25(31)30-14-11-24-22(12-15-34-24)23(30)17-33-21-9-7-20(28)8-10-21/h2-10,12,15,23H,1,11,13-14,16-17H2/t23-/m1/s1. The molecule has 5 nitrogen and oxygen atoms in total. The highest BCUT2D eigenvalue weighted by atomic mass is 32.1. The number of carbonyl (C=O) groups excluding carboxylic acids is 2. The fourth-order valence-corrected chi connectivity index (χ4v) is 4.91. The van der Waals surface area contributed by atoms with Gasteiger partial charge in [0.25, 0.3) is 5.91 Å². The normalized spacial score (nSPS) is 14.9. The van der Waals surface area contributed by atoms with E-state index in [2.05, 4.69) is 6.58 Å². The van der Waals surface area contributed by atoms with Crippen LogP contribution >= 0.6 is 11.3 Å². The highest BCUT2D eigenvalue weighted by molar-refractivity contribution is 7.10. The van der Waals surface area contributed by atoms with E-state index in [1.807, 2.05) is 11.4 Å². The van der Waals surface area contributed by atoms with Crippen LogP contribution in [0, 0.1) is 11.6 Å². The number of benzene rings is 2. The van der Waals surface area contributed by atoms with E-state index < -0.39 is 5.82 Å². The lowest BCUT2D eigenvalue weighted by Crippen LogP contribution is -2.47. The minimum absolute atomic E-state index is 0.144. The molecule has 4 rings (SSSR count). The molecule has 0 spiro atoms. The number of hydrogen-bond acceptors (Lipinski definition) is 4. The zero-order valence-corrected chi connectivity index (χ0v) is 19.3. The molecule has 176 valence electrons. The highest BCUT2D eigenvalue weighted by Gasteiger charge is 2.33. The van der Waals surface area contributed by atoms with Crippen LogP contribution in [0.25, 0.3) is 0 Å². The molecule has 0 aliphatic carbocycles. The first-order valence-corrected chi connectivity index (χ1v) is 11.7. The molecule has 1 aliphatic rings. The van der Waals surface area contributed by atoms with Crippen LogP contribution in [-0.2, 0) is 11.2 Å². The van der Waals surface area contributed by atoms with Gasteiger partial charge >= 0.3 is 0 Å². The van der Waals surface area contributed by atoms with Gasteiger partial charge in [-0.1, -0.05) is 6.08 Å². The molecule has 0 N–H and O–H groups in total. The predicted octanol–water partition coefficient (Wildman–Crippen LogP) is 4.86. The molecule has 0 bridgehead atoms. The Morgan fingerprint density at radius 1 is 1.09 bits per heavy atom. The molecule has 1 aromatic heterocycles. The topological polar surface area (TPSA) is 49.9 Å². The third-order valence-corrected chi connectivity index (χ3v) is 6.69. The summed E-state index contributed by atoms with van der Waals surface area (Å²) in [5.74, 6) is -0.875. The van der Waals surface area contributed by atoms with Gasteiger partial charge in [0.05, 0.1) is 6.04 Å². The number of thiophene rings is 1. The Hall–Kier alpha value is -3.52. The summed E-state index contributed by atoms with van der Waals surface area (Å²) in [6, 6.07) is 12.6. The summed E-state index contributed by atoms with van der Waals surface area (Å²) in [5, 5.41) is 1.99. The molecule has 0 saturated heterocycles. The molecule has 1 atom stereocenters. The Bertz CT molecular complexity index is 1160. The van der Waals surface area contributed by atoms with Crippen molar-refractivity contribution in [3.05, 3.63) is 100 Å². The minimum atomic E-state index is -0.438. The van der Waals surface area contributed by atoms with E-state index in [0.717, 1.165) is 12.0 Å². The molecule has 0 saturated carbocycles. The van der Waals surface area contributed by atoms with E-state index in [4.69, 9.17) is 4.74 Å². The maximum Gasteiger partial charge on any atom is 0.254 e. The van der Waals surface area contributed by atoms with E-state index in [1.54, 1.807) is 34.4 Å². The lowest BCUT2D eigenvalue weighted by Gasteiger charge is -2.37. The second kappa shape index (κ2) is 10.6. The van der Waals surface area contributed by atoms with Crippen LogP contribution in [0.4, 0.5) is 8.78 Å². The van der Waals surface area contributed by atoms with Crippen molar-refractivity contribution in [2.75, 3.05) is 26.2 Å². The second-order valence-electron chi connectivity index (χ2n) is 7.90. The van der Waals surface area contributed by atoms with Crippen LogP contribution in [0.5, 0.6) is 5.75 Å². The van der Waals surface area contributed by atoms with Crippen molar-refractivity contribution in [2.24, 2.45) is 0 Å². The zero-order chi connectivity index (χ0) is 24.1. The summed E-state index contributed by atoms with van der Waals surface area (Å²) in [6.45, 7) is 4.43. The van der Waals surface area contributed by atoms with Crippen LogP contribution < -0.4 is 4.74 Å². The second-order valence-corrected chi connectivity index (χ2v) is 8.90. The van der Waals surface area contributed by atoms with Crippen LogP contribution in [0.3, 0.4) is 0 Å². The average Bonchev–Trinajstić information content (AvgIpc) is 3.32. The average molecular weight is 483 g/mol. The van der Waals surface area contributed by atoms with E-state index in [1.165, 1.54) is 46.2 Å². The smallest absolute Gasteiger partial charge is 0.254 e. The van der Waals surface area contributed by atoms with Gasteiger partial charge in [0.1, 0.15) is 30.5 Å². The van der Waals surface area contributed by atoms with Crippen LogP contribution in [0.2, 0.25) is 0 Å². The summed E-state index contributed by atoms with van der Waals surface area (Å²) in [7, 11) is 0. The van der Waals surface area contributed by atoms with Crippen molar-refractivity contribution in [1.29, 1.82) is 0 Å². The Labute approximate surface area is 200 Å². The first kappa shape index (κ1) is 23.6. The molecule has 8 heteroatoms. The van der Waals surface area contributed by atoms with E-state index in [9.17, 15) is 18.4 Å². The lowest BCUT2D eigenvalue weighted by molar-refractivity contribution is -0.135. The largest absolute Gasteiger partial charge is 0.491 e. The molecule has 0 radical (unpaired) electrons. The van der Waals surface area contributed by atoms with Crippen molar-refractivity contribution >= 4 is 23.2 Å². The maximum atomic E-state index is 13.4. The quantitative estimate of drug-likeness (QED) is 0.431. The fraction of sp³-hybridized carbons (Fsp3) is 0.231. The molecular weight excluding hydrogens is 458 g/mol. The molecule has 2 heterocycles. The summed E-state index contributed by atoms with van der Waals surface area (Å²) >= 11 is 1.64. The first-order chi connectivity index (χ1) is 16.5. The number of rotatable bonds is 8. The maximum absolute atomic E-state index is 13.4. The molecular formula is C26H24F2N2O3S. The van der Waals surface area contributed by atoms with Gasteiger partial charge in [-0.15, -0.1) is 17.9 Å². The van der Waals surface area contributed by atoms with Gasteiger partial charge in [0.2, 0.25) is 5.91 Å². The number of ether oxygens (including phenoxy) is 1. The Balaban J connectivity index is 1.51. The van der Waals surface area contributed by atoms with Gasteiger partial charge < -0.3 is 14.5 Å². The fourth-order valence-electron chi connectivity index (χ4n) is 3.98. The van der Waals surface area contributed by atoms with Gasteiger partial charge in [-0.25, -0.2) is 8.78 Å². The van der Waals surface area contributed by atoms with Crippen molar-refractivity contribution in [3.63, 3.8) is 0 Å². The van der Waals surface area contributed by atoms with Gasteiger partial charge in [-0.05, 0) is 72.0 Å². The number of fused-ring (bicyclic) bond motifs is 1. The number of nitrogens with zero attached hydrogens (tertiary/aromatic N) is 2. The summed E-state index contributed by atoms with van der Waals surface area (Å²) < 4.78 is 32.4. The van der Waals surface area contributed by atoms with E-state index in [0.29, 0.717) is 17.9 Å². The molecule has 0 unspecified atom stereocenters. The summed E-state index contributed by atoms with van der Waals surface area (Å²) in [6.07, 6.45) is 2.27. The van der Waals surface area contributed by atoms with E-state index >= 15 is 0 Å². The molecule has 3 aromatic rings. The van der Waals surface area contributed by atoms with Gasteiger partial charge in [-0.3, -0.25) is 9.59 Å². The van der Waals surface area contributed by atoms with Crippen molar-refractivity contribution < 1.29 is 23.1 Å². The predicted molar refractivity (Wildman–Crippen MR) is 127 cm³/mol.